The van der Waals surface area contributed by atoms with Gasteiger partial charge in [0.2, 0.25) is 11.9 Å². The number of guanidine groups is 2. The van der Waals surface area contributed by atoms with Crippen LogP contribution in [0.3, 0.4) is 0 Å². The van der Waals surface area contributed by atoms with Crippen LogP contribution in [0.1, 0.15) is 42.5 Å². The number of benzene rings is 1. The van der Waals surface area contributed by atoms with Crippen LogP contribution in [-0.2, 0) is 4.74 Å². The Morgan fingerprint density at radius 3 is 2.54 bits per heavy atom. The van der Waals surface area contributed by atoms with Crippen LogP contribution >= 0.6 is 11.6 Å². The van der Waals surface area contributed by atoms with Crippen LogP contribution in [0.4, 0.5) is 5.69 Å². The molecule has 140 valence electrons. The summed E-state index contributed by atoms with van der Waals surface area (Å²) in [4.78, 5) is 22.6. The number of nitrogens with two attached hydrogens (primary N) is 2. The summed E-state index contributed by atoms with van der Waals surface area (Å²) in [5.74, 6) is 0.165. The van der Waals surface area contributed by atoms with Crippen molar-refractivity contribution in [1.82, 2.24) is 0 Å². The van der Waals surface area contributed by atoms with Crippen molar-refractivity contribution in [2.75, 3.05) is 19.1 Å². The third kappa shape index (κ3) is 3.05. The Morgan fingerprint density at radius 1 is 1.23 bits per heavy atom. The number of anilines is 1. The number of hydrogen-bond donors (Lipinski definition) is 2. The number of carbonyl (C=O) groups excluding carboxylic acids is 1. The first kappa shape index (κ1) is 18.3. The van der Waals surface area contributed by atoms with Crippen molar-refractivity contribution in [3.05, 3.63) is 22.7 Å². The maximum atomic E-state index is 12.1. The van der Waals surface area contributed by atoms with Gasteiger partial charge in [-0.15, -0.1) is 0 Å². The second-order valence-corrected chi connectivity index (χ2v) is 6.70. The molecule has 1 fully saturated rings. The molecule has 4 N–H and O–H groups in total. The number of nitrogens with zero attached hydrogens (tertiary/aromatic N) is 3. The minimum Gasteiger partial charge on any atom is -0.495 e. The predicted octanol–water partition coefficient (Wildman–Crippen LogP) is 2.25. The van der Waals surface area contributed by atoms with Gasteiger partial charge in [0.1, 0.15) is 16.4 Å². The molecule has 1 heterocycles. The van der Waals surface area contributed by atoms with E-state index in [0.29, 0.717) is 22.0 Å². The van der Waals surface area contributed by atoms with Gasteiger partial charge < -0.3 is 20.9 Å². The number of methoxy groups -OCH3 is 2. The summed E-state index contributed by atoms with van der Waals surface area (Å²) in [5.41, 5.74) is 12.2. The summed E-state index contributed by atoms with van der Waals surface area (Å²) >= 11 is 6.56. The minimum absolute atomic E-state index is 0.146. The number of aliphatic imine (C=N–C) groups is 2. The second-order valence-electron chi connectivity index (χ2n) is 6.32. The Labute approximate surface area is 156 Å². The van der Waals surface area contributed by atoms with E-state index in [-0.39, 0.29) is 11.9 Å². The lowest BCUT2D eigenvalue weighted by molar-refractivity contribution is 0.0600. The Morgan fingerprint density at radius 2 is 1.92 bits per heavy atom. The lowest BCUT2D eigenvalue weighted by Gasteiger charge is -2.46. The van der Waals surface area contributed by atoms with Gasteiger partial charge in [0, 0.05) is 0 Å². The van der Waals surface area contributed by atoms with E-state index in [1.807, 2.05) is 0 Å². The first-order valence-electron chi connectivity index (χ1n) is 8.37. The number of rotatable bonds is 3. The average Bonchev–Trinajstić information content (AvgIpc) is 2.62. The van der Waals surface area contributed by atoms with Crippen molar-refractivity contribution < 1.29 is 14.3 Å². The van der Waals surface area contributed by atoms with Crippen molar-refractivity contribution in [1.29, 1.82) is 0 Å². The maximum Gasteiger partial charge on any atom is 0.338 e. The fourth-order valence-corrected chi connectivity index (χ4v) is 3.87. The van der Waals surface area contributed by atoms with Gasteiger partial charge in [-0.1, -0.05) is 18.0 Å². The van der Waals surface area contributed by atoms with Crippen LogP contribution in [0.5, 0.6) is 5.75 Å². The fraction of sp³-hybridized carbons (Fsp3) is 0.471. The first-order valence-corrected chi connectivity index (χ1v) is 8.75. The van der Waals surface area contributed by atoms with Crippen molar-refractivity contribution >= 4 is 35.2 Å². The molecule has 0 bridgehead atoms. The van der Waals surface area contributed by atoms with Crippen molar-refractivity contribution in [2.24, 2.45) is 21.5 Å². The van der Waals surface area contributed by atoms with Gasteiger partial charge in [-0.05, 0) is 37.8 Å². The molecule has 9 heteroatoms. The van der Waals surface area contributed by atoms with E-state index >= 15 is 0 Å². The van der Waals surface area contributed by atoms with E-state index in [2.05, 4.69) is 9.98 Å². The lowest BCUT2D eigenvalue weighted by Crippen LogP contribution is -2.58. The van der Waals surface area contributed by atoms with Crippen LogP contribution in [0.25, 0.3) is 0 Å². The van der Waals surface area contributed by atoms with Gasteiger partial charge in [0.25, 0.3) is 0 Å². The highest BCUT2D eigenvalue weighted by atomic mass is 35.5. The third-order valence-electron chi connectivity index (χ3n) is 4.75. The van der Waals surface area contributed by atoms with Crippen molar-refractivity contribution in [3.63, 3.8) is 0 Å². The molecule has 1 aromatic rings. The number of hydrogen-bond acceptors (Lipinski definition) is 8. The predicted molar refractivity (Wildman–Crippen MR) is 101 cm³/mol. The fourth-order valence-electron chi connectivity index (χ4n) is 3.60. The minimum atomic E-state index is -0.669. The molecule has 0 radical (unpaired) electrons. The smallest absolute Gasteiger partial charge is 0.338 e. The average molecular weight is 380 g/mol. The van der Waals surface area contributed by atoms with Crippen molar-refractivity contribution in [3.8, 4) is 5.75 Å². The molecule has 1 saturated carbocycles. The SMILES string of the molecule is COC(=O)c1cc(OC)c(Cl)c(N2C(N)=NC(N)=NC23CCCCC3)c1. The Bertz CT molecular complexity index is 787. The van der Waals surface area contributed by atoms with E-state index in [4.69, 9.17) is 32.5 Å². The summed E-state index contributed by atoms with van der Waals surface area (Å²) in [5, 5.41) is 0.318. The molecule has 1 aromatic carbocycles. The highest BCUT2D eigenvalue weighted by Crippen LogP contribution is 2.44. The molecule has 0 aromatic heterocycles. The highest BCUT2D eigenvalue weighted by molar-refractivity contribution is 6.35. The van der Waals surface area contributed by atoms with Gasteiger partial charge in [0.05, 0.1) is 25.5 Å². The zero-order chi connectivity index (χ0) is 18.9. The van der Waals surface area contributed by atoms with E-state index in [0.717, 1.165) is 32.1 Å². The van der Waals surface area contributed by atoms with E-state index in [9.17, 15) is 4.79 Å². The third-order valence-corrected chi connectivity index (χ3v) is 5.13. The summed E-state index contributed by atoms with van der Waals surface area (Å²) in [6.07, 6.45) is 4.58. The van der Waals surface area contributed by atoms with E-state index < -0.39 is 11.6 Å². The number of esters is 1. The van der Waals surface area contributed by atoms with Crippen LogP contribution < -0.4 is 21.1 Å². The van der Waals surface area contributed by atoms with Gasteiger partial charge in [-0.25, -0.2) is 9.79 Å². The van der Waals surface area contributed by atoms with Gasteiger partial charge in [-0.3, -0.25) is 4.90 Å². The number of carbonyl (C=O) groups is 1. The van der Waals surface area contributed by atoms with E-state index in [1.165, 1.54) is 20.3 Å². The van der Waals surface area contributed by atoms with Crippen LogP contribution in [-0.4, -0.2) is 37.8 Å². The monoisotopic (exact) mass is 379 g/mol. The zero-order valence-corrected chi connectivity index (χ0v) is 15.5. The maximum absolute atomic E-state index is 12.1. The molecule has 26 heavy (non-hydrogen) atoms. The molecular formula is C17H22ClN5O3. The summed E-state index contributed by atoms with van der Waals surface area (Å²) in [6.45, 7) is 0. The molecule has 0 amide bonds. The molecule has 2 aliphatic rings. The van der Waals surface area contributed by atoms with Gasteiger partial charge >= 0.3 is 5.97 Å². The second kappa shape index (κ2) is 7.03. The highest BCUT2D eigenvalue weighted by Gasteiger charge is 2.43. The molecule has 1 aliphatic heterocycles. The summed E-state index contributed by atoms with van der Waals surface area (Å²) in [6, 6.07) is 3.15. The molecule has 0 atom stereocenters. The molecule has 0 saturated heterocycles. The number of halogens is 1. The summed E-state index contributed by atoms with van der Waals surface area (Å²) < 4.78 is 10.2. The summed E-state index contributed by atoms with van der Waals surface area (Å²) in [7, 11) is 2.79. The largest absolute Gasteiger partial charge is 0.495 e. The zero-order valence-electron chi connectivity index (χ0n) is 14.8. The molecular weight excluding hydrogens is 358 g/mol. The molecule has 3 rings (SSSR count). The number of ether oxygens (including phenoxy) is 2. The standard InChI is InChI=1S/C17H22ClN5O3/c1-25-12-9-10(14(24)26-2)8-11(13(12)18)23-16(20)21-15(19)22-17(23)6-4-3-5-7-17/h8-9H,3-7H2,1-2H3,(H4,19,20,21,22). The Hall–Kier alpha value is -2.48. The van der Waals surface area contributed by atoms with Crippen LogP contribution in [0.2, 0.25) is 5.02 Å². The lowest BCUT2D eigenvalue weighted by atomic mass is 9.87. The first-order chi connectivity index (χ1) is 12.4. The molecule has 1 spiro atoms. The van der Waals surface area contributed by atoms with Crippen LogP contribution in [0.15, 0.2) is 22.1 Å². The normalized spacial score (nSPS) is 19.0. The van der Waals surface area contributed by atoms with Gasteiger partial charge in [0.15, 0.2) is 0 Å². The Balaban J connectivity index is 2.19. The molecule has 0 unspecified atom stereocenters. The van der Waals surface area contributed by atoms with E-state index in [1.54, 1.807) is 11.0 Å². The Kier molecular flexibility index (Phi) is 4.95. The van der Waals surface area contributed by atoms with Crippen LogP contribution in [0, 0.1) is 0 Å². The van der Waals surface area contributed by atoms with Gasteiger partial charge in [-0.2, -0.15) is 4.99 Å². The quantitative estimate of drug-likeness (QED) is 0.778. The molecule has 1 aliphatic carbocycles. The van der Waals surface area contributed by atoms with Crippen molar-refractivity contribution in [2.45, 2.75) is 37.8 Å². The topological polar surface area (TPSA) is 116 Å². The molecule has 8 nitrogen and oxygen atoms in total.